The molecule has 4 rings (SSSR count). The van der Waals surface area contributed by atoms with Gasteiger partial charge in [0.05, 0.1) is 0 Å². The standard InChI is InChI=1S/C30H24/c1-5-13-25(14-6-1)21-23-29(27-17-9-3-10-18-27)30(28-19-11-4-12-20-28)24-22-26-15-7-2-8-16-26/h1-24H/b23-21+,24-22+,30-29+. The van der Waals surface area contributed by atoms with Gasteiger partial charge in [-0.2, -0.15) is 0 Å². The van der Waals surface area contributed by atoms with E-state index < -0.39 is 0 Å². The number of hydrogen-bond donors (Lipinski definition) is 0. The molecule has 0 unspecified atom stereocenters. The van der Waals surface area contributed by atoms with Crippen molar-refractivity contribution < 1.29 is 0 Å². The van der Waals surface area contributed by atoms with E-state index in [1.807, 2.05) is 12.1 Å². The fraction of sp³-hybridized carbons (Fsp3) is 0. The highest BCUT2D eigenvalue weighted by atomic mass is 14.1. The minimum Gasteiger partial charge on any atom is -0.0622 e. The first kappa shape index (κ1) is 19.4. The van der Waals surface area contributed by atoms with Crippen LogP contribution in [0, 0.1) is 0 Å². The van der Waals surface area contributed by atoms with E-state index in [0.717, 1.165) is 0 Å². The van der Waals surface area contributed by atoms with E-state index in [1.54, 1.807) is 0 Å². The molecule has 4 aromatic carbocycles. The van der Waals surface area contributed by atoms with Crippen LogP contribution in [-0.2, 0) is 0 Å². The second-order valence-electron chi connectivity index (χ2n) is 7.05. The van der Waals surface area contributed by atoms with Gasteiger partial charge in [0.1, 0.15) is 0 Å². The van der Waals surface area contributed by atoms with E-state index in [9.17, 15) is 0 Å². The zero-order chi connectivity index (χ0) is 20.4. The van der Waals surface area contributed by atoms with E-state index in [0.29, 0.717) is 0 Å². The summed E-state index contributed by atoms with van der Waals surface area (Å²) in [5.41, 5.74) is 7.15. The fourth-order valence-corrected chi connectivity index (χ4v) is 3.41. The van der Waals surface area contributed by atoms with Gasteiger partial charge in [0.15, 0.2) is 0 Å². The molecule has 0 fully saturated rings. The predicted octanol–water partition coefficient (Wildman–Crippen LogP) is 8.02. The van der Waals surface area contributed by atoms with E-state index in [-0.39, 0.29) is 0 Å². The Morgan fingerprint density at radius 1 is 0.367 bits per heavy atom. The van der Waals surface area contributed by atoms with Crippen molar-refractivity contribution in [3.05, 3.63) is 156 Å². The van der Waals surface area contributed by atoms with Gasteiger partial charge >= 0.3 is 0 Å². The smallest absolute Gasteiger partial charge is 0.0105 e. The summed E-state index contributed by atoms with van der Waals surface area (Å²) in [5, 5.41) is 0. The van der Waals surface area contributed by atoms with Gasteiger partial charge in [0.2, 0.25) is 0 Å². The Morgan fingerprint density at radius 2 is 0.667 bits per heavy atom. The molecule has 0 aliphatic heterocycles. The average molecular weight is 385 g/mol. The zero-order valence-electron chi connectivity index (χ0n) is 16.9. The molecule has 0 radical (unpaired) electrons. The zero-order valence-corrected chi connectivity index (χ0v) is 16.9. The molecular formula is C30H24. The van der Waals surface area contributed by atoms with Crippen LogP contribution in [0.4, 0.5) is 0 Å². The third-order valence-corrected chi connectivity index (χ3v) is 4.94. The number of rotatable bonds is 6. The van der Waals surface area contributed by atoms with Crippen LogP contribution >= 0.6 is 0 Å². The highest BCUT2D eigenvalue weighted by Gasteiger charge is 2.07. The van der Waals surface area contributed by atoms with Crippen LogP contribution < -0.4 is 0 Å². The largest absolute Gasteiger partial charge is 0.0622 e. The monoisotopic (exact) mass is 384 g/mol. The van der Waals surface area contributed by atoms with Crippen LogP contribution in [0.3, 0.4) is 0 Å². The number of allylic oxidation sites excluding steroid dienone is 4. The van der Waals surface area contributed by atoms with Crippen molar-refractivity contribution in [3.8, 4) is 0 Å². The molecule has 0 atom stereocenters. The van der Waals surface area contributed by atoms with E-state index in [2.05, 4.69) is 133 Å². The normalized spacial score (nSPS) is 12.3. The van der Waals surface area contributed by atoms with E-state index in [1.165, 1.54) is 33.4 Å². The van der Waals surface area contributed by atoms with Crippen molar-refractivity contribution >= 4 is 23.3 Å². The van der Waals surface area contributed by atoms with Crippen LogP contribution in [0.2, 0.25) is 0 Å². The van der Waals surface area contributed by atoms with Gasteiger partial charge in [0.25, 0.3) is 0 Å². The van der Waals surface area contributed by atoms with E-state index >= 15 is 0 Å². The highest BCUT2D eigenvalue weighted by Crippen LogP contribution is 2.30. The molecule has 4 aromatic rings. The lowest BCUT2D eigenvalue weighted by Crippen LogP contribution is -1.89. The van der Waals surface area contributed by atoms with Crippen molar-refractivity contribution in [1.82, 2.24) is 0 Å². The average Bonchev–Trinajstić information content (AvgIpc) is 2.83. The summed E-state index contributed by atoms with van der Waals surface area (Å²) in [7, 11) is 0. The summed E-state index contributed by atoms with van der Waals surface area (Å²) < 4.78 is 0. The van der Waals surface area contributed by atoms with Gasteiger partial charge in [-0.3, -0.25) is 0 Å². The van der Waals surface area contributed by atoms with Gasteiger partial charge in [-0.15, -0.1) is 0 Å². The van der Waals surface area contributed by atoms with Crippen LogP contribution in [-0.4, -0.2) is 0 Å². The molecule has 0 amide bonds. The minimum absolute atomic E-state index is 1.19. The second kappa shape index (κ2) is 10.0. The first-order valence-corrected chi connectivity index (χ1v) is 10.2. The van der Waals surface area contributed by atoms with Crippen LogP contribution in [0.1, 0.15) is 22.3 Å². The van der Waals surface area contributed by atoms with Crippen LogP contribution in [0.15, 0.2) is 133 Å². The molecule has 0 nitrogen and oxygen atoms in total. The molecule has 0 spiro atoms. The molecule has 0 bridgehead atoms. The maximum Gasteiger partial charge on any atom is -0.0105 e. The van der Waals surface area contributed by atoms with Crippen molar-refractivity contribution in [1.29, 1.82) is 0 Å². The Balaban J connectivity index is 1.88. The maximum atomic E-state index is 2.22. The lowest BCUT2D eigenvalue weighted by molar-refractivity contribution is 1.58. The first-order valence-electron chi connectivity index (χ1n) is 10.2. The third kappa shape index (κ3) is 5.12. The molecule has 0 heterocycles. The summed E-state index contributed by atoms with van der Waals surface area (Å²) >= 11 is 0. The Bertz CT molecular complexity index is 1040. The molecule has 0 N–H and O–H groups in total. The predicted molar refractivity (Wildman–Crippen MR) is 131 cm³/mol. The SMILES string of the molecule is C(=C\c1ccccc1)/C(=C(/C=C/c1ccccc1)c1ccccc1)c1ccccc1. The first-order chi connectivity index (χ1) is 14.9. The molecule has 0 saturated heterocycles. The van der Waals surface area contributed by atoms with Crippen molar-refractivity contribution in [2.24, 2.45) is 0 Å². The van der Waals surface area contributed by atoms with E-state index in [4.69, 9.17) is 0 Å². The van der Waals surface area contributed by atoms with Crippen molar-refractivity contribution in [2.45, 2.75) is 0 Å². The molecule has 0 saturated carbocycles. The Labute approximate surface area is 179 Å². The van der Waals surface area contributed by atoms with Crippen molar-refractivity contribution in [3.63, 3.8) is 0 Å². The van der Waals surface area contributed by atoms with Crippen LogP contribution in [0.5, 0.6) is 0 Å². The lowest BCUT2D eigenvalue weighted by atomic mass is 9.93. The van der Waals surface area contributed by atoms with Crippen molar-refractivity contribution in [2.75, 3.05) is 0 Å². The maximum absolute atomic E-state index is 2.22. The van der Waals surface area contributed by atoms with Crippen LogP contribution in [0.25, 0.3) is 23.3 Å². The summed E-state index contributed by atoms with van der Waals surface area (Å²) in [6.07, 6.45) is 8.81. The third-order valence-electron chi connectivity index (χ3n) is 4.94. The molecule has 0 aliphatic rings. The number of hydrogen-bond acceptors (Lipinski definition) is 0. The Hall–Kier alpha value is -3.90. The second-order valence-corrected chi connectivity index (χ2v) is 7.05. The summed E-state index contributed by atoms with van der Waals surface area (Å²) in [6.45, 7) is 0. The van der Waals surface area contributed by atoms with Gasteiger partial charge < -0.3 is 0 Å². The van der Waals surface area contributed by atoms with Gasteiger partial charge in [-0.25, -0.2) is 0 Å². The quantitative estimate of drug-likeness (QED) is 0.233. The summed E-state index contributed by atoms with van der Waals surface area (Å²) in [5.74, 6) is 0. The Morgan fingerprint density at radius 3 is 1.00 bits per heavy atom. The lowest BCUT2D eigenvalue weighted by Gasteiger charge is -2.11. The van der Waals surface area contributed by atoms with Gasteiger partial charge in [-0.1, -0.05) is 146 Å². The topological polar surface area (TPSA) is 0 Å². The van der Waals surface area contributed by atoms with Gasteiger partial charge in [-0.05, 0) is 33.4 Å². The molecule has 30 heavy (non-hydrogen) atoms. The number of benzene rings is 4. The van der Waals surface area contributed by atoms with Gasteiger partial charge in [0, 0.05) is 0 Å². The molecule has 0 aromatic heterocycles. The highest BCUT2D eigenvalue weighted by molar-refractivity contribution is 6.02. The fourth-order valence-electron chi connectivity index (χ4n) is 3.41. The molecular weight excluding hydrogens is 360 g/mol. The summed E-state index contributed by atoms with van der Waals surface area (Å²) in [6, 6.07) is 42.0. The summed E-state index contributed by atoms with van der Waals surface area (Å²) in [4.78, 5) is 0. The minimum atomic E-state index is 1.19. The molecule has 0 aliphatic carbocycles. The Kier molecular flexibility index (Phi) is 6.50. The molecule has 144 valence electrons. The molecule has 0 heteroatoms.